The molecule has 1 saturated carbocycles. The van der Waals surface area contributed by atoms with E-state index in [-0.39, 0.29) is 6.61 Å². The van der Waals surface area contributed by atoms with Crippen molar-refractivity contribution in [3.8, 4) is 0 Å². The van der Waals surface area contributed by atoms with Crippen molar-refractivity contribution in [2.75, 3.05) is 26.2 Å². The molecule has 1 aliphatic carbocycles. The maximum Gasteiger partial charge on any atom is 0.0558 e. The third-order valence-electron chi connectivity index (χ3n) is 3.79. The van der Waals surface area contributed by atoms with Crippen LogP contribution in [0.5, 0.6) is 0 Å². The Hall–Kier alpha value is -0.340. The van der Waals surface area contributed by atoms with Crippen LogP contribution in [0.1, 0.15) is 39.0 Å². The van der Waals surface area contributed by atoms with Crippen molar-refractivity contribution in [3.63, 3.8) is 0 Å². The third kappa shape index (κ3) is 4.67. The van der Waals surface area contributed by atoms with Crippen LogP contribution < -0.4 is 0 Å². The molecular formula is C14H27NO. The highest BCUT2D eigenvalue weighted by Crippen LogP contribution is 2.31. The molecule has 0 heterocycles. The summed E-state index contributed by atoms with van der Waals surface area (Å²) in [6.45, 7) is 9.20. The molecule has 2 unspecified atom stereocenters. The summed E-state index contributed by atoms with van der Waals surface area (Å²) >= 11 is 0. The van der Waals surface area contributed by atoms with Crippen LogP contribution in [0.15, 0.2) is 12.7 Å². The average Bonchev–Trinajstić information content (AvgIpc) is 2.30. The summed E-state index contributed by atoms with van der Waals surface area (Å²) in [4.78, 5) is 2.33. The van der Waals surface area contributed by atoms with E-state index in [0.29, 0.717) is 0 Å². The van der Waals surface area contributed by atoms with Crippen LogP contribution in [0, 0.1) is 11.8 Å². The topological polar surface area (TPSA) is 23.5 Å². The van der Waals surface area contributed by atoms with Crippen LogP contribution in [0.25, 0.3) is 0 Å². The van der Waals surface area contributed by atoms with Gasteiger partial charge in [0.1, 0.15) is 0 Å². The summed E-state index contributed by atoms with van der Waals surface area (Å²) in [6.07, 6.45) is 8.84. The molecule has 1 aliphatic rings. The highest BCUT2D eigenvalue weighted by atomic mass is 16.3. The summed E-state index contributed by atoms with van der Waals surface area (Å²) in [5.74, 6) is 1.78. The van der Waals surface area contributed by atoms with Crippen molar-refractivity contribution in [3.05, 3.63) is 12.7 Å². The van der Waals surface area contributed by atoms with Gasteiger partial charge in [-0.05, 0) is 24.7 Å². The standard InChI is InChI=1S/C14H27NO/c1-3-8-15(9-10-16)12-14-7-5-6-13(4-2)11-14/h3,13-14,16H,1,4-12H2,2H3. The Morgan fingerprint density at radius 1 is 1.38 bits per heavy atom. The fourth-order valence-corrected chi connectivity index (χ4v) is 2.89. The first kappa shape index (κ1) is 13.7. The molecule has 2 nitrogen and oxygen atoms in total. The zero-order chi connectivity index (χ0) is 11.8. The molecule has 0 saturated heterocycles. The predicted octanol–water partition coefficient (Wildman–Crippen LogP) is 2.68. The quantitative estimate of drug-likeness (QED) is 0.673. The van der Waals surface area contributed by atoms with Gasteiger partial charge >= 0.3 is 0 Å². The summed E-state index contributed by atoms with van der Waals surface area (Å²) in [6, 6.07) is 0. The molecule has 0 aliphatic heterocycles. The van der Waals surface area contributed by atoms with Gasteiger partial charge in [-0.3, -0.25) is 4.90 Å². The van der Waals surface area contributed by atoms with Crippen molar-refractivity contribution in [1.82, 2.24) is 4.90 Å². The van der Waals surface area contributed by atoms with Crippen LogP contribution in [0.4, 0.5) is 0 Å². The van der Waals surface area contributed by atoms with Crippen LogP contribution in [0.3, 0.4) is 0 Å². The monoisotopic (exact) mass is 225 g/mol. The zero-order valence-corrected chi connectivity index (χ0v) is 10.7. The summed E-state index contributed by atoms with van der Waals surface area (Å²) in [5.41, 5.74) is 0. The van der Waals surface area contributed by atoms with Crippen LogP contribution in [-0.4, -0.2) is 36.2 Å². The second-order valence-corrected chi connectivity index (χ2v) is 5.08. The summed E-state index contributed by atoms with van der Waals surface area (Å²) in [7, 11) is 0. The Labute approximate surface area is 100 Å². The maximum atomic E-state index is 9.01. The van der Waals surface area contributed by atoms with E-state index in [1.165, 1.54) is 32.1 Å². The van der Waals surface area contributed by atoms with Crippen LogP contribution in [-0.2, 0) is 0 Å². The lowest BCUT2D eigenvalue weighted by atomic mass is 9.80. The predicted molar refractivity (Wildman–Crippen MR) is 69.5 cm³/mol. The molecule has 1 fully saturated rings. The van der Waals surface area contributed by atoms with E-state index in [4.69, 9.17) is 5.11 Å². The average molecular weight is 225 g/mol. The fourth-order valence-electron chi connectivity index (χ4n) is 2.89. The van der Waals surface area contributed by atoms with Gasteiger partial charge < -0.3 is 5.11 Å². The lowest BCUT2D eigenvalue weighted by Gasteiger charge is -2.32. The molecule has 0 bridgehead atoms. The highest BCUT2D eigenvalue weighted by Gasteiger charge is 2.22. The molecule has 0 radical (unpaired) electrons. The fraction of sp³-hybridized carbons (Fsp3) is 0.857. The van der Waals surface area contributed by atoms with Gasteiger partial charge in [-0.2, -0.15) is 0 Å². The van der Waals surface area contributed by atoms with Gasteiger partial charge in [0.15, 0.2) is 0 Å². The van der Waals surface area contributed by atoms with E-state index in [0.717, 1.165) is 31.5 Å². The lowest BCUT2D eigenvalue weighted by Crippen LogP contribution is -2.34. The van der Waals surface area contributed by atoms with E-state index < -0.39 is 0 Å². The van der Waals surface area contributed by atoms with E-state index in [1.54, 1.807) is 0 Å². The first-order chi connectivity index (χ1) is 7.80. The van der Waals surface area contributed by atoms with E-state index in [1.807, 2.05) is 6.08 Å². The van der Waals surface area contributed by atoms with Gasteiger partial charge in [-0.25, -0.2) is 0 Å². The van der Waals surface area contributed by atoms with Gasteiger partial charge in [0.25, 0.3) is 0 Å². The van der Waals surface area contributed by atoms with Gasteiger partial charge in [0, 0.05) is 19.6 Å². The second-order valence-electron chi connectivity index (χ2n) is 5.08. The van der Waals surface area contributed by atoms with Crippen molar-refractivity contribution in [1.29, 1.82) is 0 Å². The van der Waals surface area contributed by atoms with Crippen LogP contribution >= 0.6 is 0 Å². The van der Waals surface area contributed by atoms with E-state index >= 15 is 0 Å². The smallest absolute Gasteiger partial charge is 0.0558 e. The molecule has 0 aromatic heterocycles. The maximum absolute atomic E-state index is 9.01. The number of aliphatic hydroxyl groups is 1. The minimum Gasteiger partial charge on any atom is -0.395 e. The largest absolute Gasteiger partial charge is 0.395 e. The van der Waals surface area contributed by atoms with Gasteiger partial charge in [-0.15, -0.1) is 6.58 Å². The number of hydrogen-bond donors (Lipinski definition) is 1. The minimum absolute atomic E-state index is 0.262. The molecule has 1 N–H and O–H groups in total. The van der Waals surface area contributed by atoms with Crippen molar-refractivity contribution in [2.45, 2.75) is 39.0 Å². The zero-order valence-electron chi connectivity index (χ0n) is 10.7. The number of aliphatic hydroxyl groups excluding tert-OH is 1. The normalized spacial score (nSPS) is 25.9. The molecule has 0 aromatic carbocycles. The Morgan fingerprint density at radius 3 is 2.75 bits per heavy atom. The van der Waals surface area contributed by atoms with Gasteiger partial charge in [-0.1, -0.05) is 32.3 Å². The lowest BCUT2D eigenvalue weighted by molar-refractivity contribution is 0.155. The Kier molecular flexibility index (Phi) is 6.74. The van der Waals surface area contributed by atoms with Gasteiger partial charge in [0.2, 0.25) is 0 Å². The van der Waals surface area contributed by atoms with E-state index in [9.17, 15) is 0 Å². The molecule has 94 valence electrons. The summed E-state index contributed by atoms with van der Waals surface area (Å²) in [5, 5.41) is 9.01. The number of rotatable bonds is 7. The van der Waals surface area contributed by atoms with Crippen molar-refractivity contribution in [2.24, 2.45) is 11.8 Å². The van der Waals surface area contributed by atoms with Crippen molar-refractivity contribution >= 4 is 0 Å². The molecule has 1 rings (SSSR count). The Balaban J connectivity index is 2.34. The highest BCUT2D eigenvalue weighted by molar-refractivity contribution is 4.79. The molecule has 2 atom stereocenters. The van der Waals surface area contributed by atoms with Gasteiger partial charge in [0.05, 0.1) is 6.61 Å². The SMILES string of the molecule is C=CCN(CCO)CC1CCCC(CC)C1. The molecular weight excluding hydrogens is 198 g/mol. The number of nitrogens with zero attached hydrogens (tertiary/aromatic N) is 1. The van der Waals surface area contributed by atoms with E-state index in [2.05, 4.69) is 18.4 Å². The minimum atomic E-state index is 0.262. The van der Waals surface area contributed by atoms with Crippen LogP contribution in [0.2, 0.25) is 0 Å². The second kappa shape index (κ2) is 7.86. The first-order valence-electron chi connectivity index (χ1n) is 6.74. The summed E-state index contributed by atoms with van der Waals surface area (Å²) < 4.78 is 0. The molecule has 0 amide bonds. The number of hydrogen-bond acceptors (Lipinski definition) is 2. The third-order valence-corrected chi connectivity index (χ3v) is 3.79. The molecule has 0 spiro atoms. The molecule has 16 heavy (non-hydrogen) atoms. The first-order valence-corrected chi connectivity index (χ1v) is 6.74. The molecule has 0 aromatic rings. The van der Waals surface area contributed by atoms with Crippen molar-refractivity contribution < 1.29 is 5.11 Å². The Morgan fingerprint density at radius 2 is 2.12 bits per heavy atom. The molecule has 2 heteroatoms. The Bertz CT molecular complexity index is 193.